The maximum Gasteiger partial charge on any atom is 0.0321 e. The molecule has 2 rings (SSSR count). The number of halogens is 1. The van der Waals surface area contributed by atoms with E-state index < -0.39 is 0 Å². The Morgan fingerprint density at radius 1 is 1.28 bits per heavy atom. The summed E-state index contributed by atoms with van der Waals surface area (Å²) in [5.74, 6) is 0. The van der Waals surface area contributed by atoms with Gasteiger partial charge in [-0.2, -0.15) is 0 Å². The van der Waals surface area contributed by atoms with E-state index in [0.29, 0.717) is 6.04 Å². The van der Waals surface area contributed by atoms with E-state index in [2.05, 4.69) is 71.5 Å². The van der Waals surface area contributed by atoms with Crippen LogP contribution in [0.15, 0.2) is 40.9 Å². The Morgan fingerprint density at radius 3 is 2.72 bits per heavy atom. The van der Waals surface area contributed by atoms with Gasteiger partial charge in [-0.05, 0) is 43.2 Å². The van der Waals surface area contributed by atoms with Crippen LogP contribution in [0.5, 0.6) is 0 Å². The first-order valence-corrected chi connectivity index (χ1v) is 7.84. The van der Waals surface area contributed by atoms with E-state index in [1.165, 1.54) is 15.3 Å². The van der Waals surface area contributed by atoms with E-state index in [9.17, 15) is 0 Å². The summed E-state index contributed by atoms with van der Waals surface area (Å²) in [6.45, 7) is 5.32. The van der Waals surface area contributed by atoms with Crippen molar-refractivity contribution >= 4 is 27.3 Å². The van der Waals surface area contributed by atoms with Crippen LogP contribution in [-0.4, -0.2) is 0 Å². The Hall–Kier alpha value is -0.640. The van der Waals surface area contributed by atoms with Gasteiger partial charge < -0.3 is 5.32 Å². The Balaban J connectivity index is 2.01. The van der Waals surface area contributed by atoms with E-state index in [4.69, 9.17) is 0 Å². The molecule has 0 bridgehead atoms. The van der Waals surface area contributed by atoms with Crippen molar-refractivity contribution in [2.75, 3.05) is 0 Å². The Labute approximate surface area is 121 Å². The lowest BCUT2D eigenvalue weighted by Crippen LogP contribution is -2.19. The van der Waals surface area contributed by atoms with Crippen molar-refractivity contribution in [3.63, 3.8) is 0 Å². The van der Waals surface area contributed by atoms with Crippen LogP contribution in [0.4, 0.5) is 0 Å². The number of aryl methyl sites for hydroxylation is 1. The van der Waals surface area contributed by atoms with Crippen LogP contribution in [0.3, 0.4) is 0 Å². The van der Waals surface area contributed by atoms with Crippen LogP contribution in [0, 0.1) is 6.92 Å². The lowest BCUT2D eigenvalue weighted by Gasteiger charge is -2.17. The van der Waals surface area contributed by atoms with Crippen molar-refractivity contribution in [2.24, 2.45) is 0 Å². The van der Waals surface area contributed by atoms with Gasteiger partial charge in [-0.1, -0.05) is 35.0 Å². The first kappa shape index (κ1) is 13.8. The number of hydrogen-bond donors (Lipinski definition) is 1. The fourth-order valence-electron chi connectivity index (χ4n) is 2.03. The van der Waals surface area contributed by atoms with Gasteiger partial charge in [0.1, 0.15) is 0 Å². The molecule has 0 amide bonds. The maximum atomic E-state index is 3.63. The average Bonchev–Trinajstić information content (AvgIpc) is 2.76. The first-order valence-electron chi connectivity index (χ1n) is 6.23. The van der Waals surface area contributed by atoms with Crippen LogP contribution in [0.2, 0.25) is 0 Å². The summed E-state index contributed by atoms with van der Waals surface area (Å²) in [4.78, 5) is 2.78. The summed E-state index contributed by atoms with van der Waals surface area (Å²) < 4.78 is 1.15. The predicted octanol–water partition coefficient (Wildman–Crippen LogP) is 5.06. The fraction of sp³-hybridized carbons (Fsp3) is 0.333. The summed E-state index contributed by atoms with van der Waals surface area (Å²) in [7, 11) is 0. The maximum absolute atomic E-state index is 3.63. The van der Waals surface area contributed by atoms with Crippen molar-refractivity contribution in [3.8, 4) is 0 Å². The Bertz CT molecular complexity index is 507. The van der Waals surface area contributed by atoms with Gasteiger partial charge >= 0.3 is 0 Å². The van der Waals surface area contributed by atoms with Crippen molar-refractivity contribution < 1.29 is 0 Å². The Morgan fingerprint density at radius 2 is 2.11 bits per heavy atom. The van der Waals surface area contributed by atoms with Gasteiger partial charge in [-0.3, -0.25) is 0 Å². The van der Waals surface area contributed by atoms with Crippen molar-refractivity contribution in [2.45, 2.75) is 32.9 Å². The third kappa shape index (κ3) is 3.67. The van der Waals surface area contributed by atoms with Crippen LogP contribution >= 0.6 is 27.3 Å². The molecule has 2 aromatic rings. The molecule has 1 atom stereocenters. The average molecular weight is 324 g/mol. The third-order valence-corrected chi connectivity index (χ3v) is 4.47. The second-order valence-electron chi connectivity index (χ2n) is 4.41. The summed E-state index contributed by atoms with van der Waals surface area (Å²) >= 11 is 5.40. The first-order chi connectivity index (χ1) is 8.69. The van der Waals surface area contributed by atoms with Gasteiger partial charge in [0.25, 0.3) is 0 Å². The molecule has 1 unspecified atom stereocenters. The van der Waals surface area contributed by atoms with Gasteiger partial charge in [-0.15, -0.1) is 11.3 Å². The molecule has 0 aliphatic heterocycles. The van der Waals surface area contributed by atoms with Gasteiger partial charge in [0.15, 0.2) is 0 Å². The molecular weight excluding hydrogens is 306 g/mol. The highest BCUT2D eigenvalue weighted by Crippen LogP contribution is 2.22. The van der Waals surface area contributed by atoms with Gasteiger partial charge in [0, 0.05) is 26.8 Å². The molecule has 1 N–H and O–H groups in total. The second kappa shape index (κ2) is 6.50. The summed E-state index contributed by atoms with van der Waals surface area (Å²) in [5, 5.41) is 3.63. The smallest absolute Gasteiger partial charge is 0.0321 e. The van der Waals surface area contributed by atoms with E-state index in [1.807, 2.05) is 11.3 Å². The Kier molecular flexibility index (Phi) is 4.98. The molecule has 0 spiro atoms. The van der Waals surface area contributed by atoms with Gasteiger partial charge in [0.05, 0.1) is 0 Å². The molecule has 3 heteroatoms. The quantitative estimate of drug-likeness (QED) is 0.810. The lowest BCUT2D eigenvalue weighted by atomic mass is 10.0. The predicted molar refractivity (Wildman–Crippen MR) is 83.1 cm³/mol. The highest BCUT2D eigenvalue weighted by Gasteiger charge is 2.09. The van der Waals surface area contributed by atoms with Crippen LogP contribution in [0.1, 0.15) is 34.7 Å². The summed E-state index contributed by atoms with van der Waals surface area (Å²) in [6, 6.07) is 13.4. The van der Waals surface area contributed by atoms with E-state index in [0.717, 1.165) is 17.4 Å². The minimum Gasteiger partial charge on any atom is -0.305 e. The fourth-order valence-corrected chi connectivity index (χ4v) is 3.28. The van der Waals surface area contributed by atoms with Gasteiger partial charge in [0.2, 0.25) is 0 Å². The minimum atomic E-state index is 0.421. The molecule has 1 nitrogen and oxygen atoms in total. The largest absolute Gasteiger partial charge is 0.305 e. The lowest BCUT2D eigenvalue weighted by molar-refractivity contribution is 0.522. The highest BCUT2D eigenvalue weighted by molar-refractivity contribution is 9.10. The van der Waals surface area contributed by atoms with Gasteiger partial charge in [-0.25, -0.2) is 0 Å². The molecule has 18 heavy (non-hydrogen) atoms. The van der Waals surface area contributed by atoms with Crippen molar-refractivity contribution in [3.05, 3.63) is 56.2 Å². The molecule has 0 radical (unpaired) electrons. The molecule has 0 aliphatic carbocycles. The van der Waals surface area contributed by atoms with Crippen molar-refractivity contribution in [1.82, 2.24) is 5.32 Å². The molecule has 0 aliphatic rings. The molecule has 0 fully saturated rings. The van der Waals surface area contributed by atoms with E-state index in [1.54, 1.807) is 0 Å². The second-order valence-corrected chi connectivity index (χ2v) is 6.70. The number of nitrogens with one attached hydrogen (secondary N) is 1. The number of benzene rings is 1. The van der Waals surface area contributed by atoms with E-state index in [-0.39, 0.29) is 0 Å². The van der Waals surface area contributed by atoms with Crippen LogP contribution in [-0.2, 0) is 6.54 Å². The SMILES string of the molecule is CCC(NCc1ccc(C)s1)c1cccc(Br)c1. The number of rotatable bonds is 5. The van der Waals surface area contributed by atoms with Crippen molar-refractivity contribution in [1.29, 1.82) is 0 Å². The molecule has 1 aromatic heterocycles. The normalized spacial score (nSPS) is 12.6. The molecule has 96 valence electrons. The van der Waals surface area contributed by atoms with E-state index >= 15 is 0 Å². The molecule has 0 saturated heterocycles. The standard InChI is InChI=1S/C15H18BrNS/c1-3-15(12-5-4-6-13(16)9-12)17-10-14-8-7-11(2)18-14/h4-9,15,17H,3,10H2,1-2H3. The molecular formula is C15H18BrNS. The minimum absolute atomic E-state index is 0.421. The topological polar surface area (TPSA) is 12.0 Å². The zero-order chi connectivity index (χ0) is 13.0. The molecule has 1 aromatic carbocycles. The summed E-state index contributed by atoms with van der Waals surface area (Å²) in [6.07, 6.45) is 1.10. The number of thiophene rings is 1. The molecule has 0 saturated carbocycles. The number of hydrogen-bond acceptors (Lipinski definition) is 2. The van der Waals surface area contributed by atoms with Crippen LogP contribution in [0.25, 0.3) is 0 Å². The highest BCUT2D eigenvalue weighted by atomic mass is 79.9. The monoisotopic (exact) mass is 323 g/mol. The zero-order valence-corrected chi connectivity index (χ0v) is 13.1. The zero-order valence-electron chi connectivity index (χ0n) is 10.7. The third-order valence-electron chi connectivity index (χ3n) is 2.98. The molecule has 1 heterocycles. The summed E-state index contributed by atoms with van der Waals surface area (Å²) in [5.41, 5.74) is 1.35. The van der Waals surface area contributed by atoms with Crippen LogP contribution < -0.4 is 5.32 Å².